The summed E-state index contributed by atoms with van der Waals surface area (Å²) in [7, 11) is 0. The highest BCUT2D eigenvalue weighted by molar-refractivity contribution is 5.99. The molecule has 0 heterocycles. The Labute approximate surface area is 107 Å². The molecule has 6 heteroatoms. The first-order chi connectivity index (χ1) is 8.79. The zero-order valence-electron chi connectivity index (χ0n) is 10.2. The second-order valence-electron chi connectivity index (χ2n) is 4.58. The minimum Gasteiger partial charge on any atom is -0.341 e. The fourth-order valence-corrected chi connectivity index (χ4v) is 2.17. The molecule has 1 amide bonds. The second-order valence-corrected chi connectivity index (χ2v) is 4.58. The fourth-order valence-electron chi connectivity index (χ4n) is 2.17. The van der Waals surface area contributed by atoms with Crippen LogP contribution in [0.15, 0.2) is 18.2 Å². The molecule has 102 valence electrons. The molecule has 0 aliphatic heterocycles. The number of nitrogens with one attached hydrogen (secondary N) is 1. The lowest BCUT2D eigenvalue weighted by Crippen LogP contribution is -2.40. The van der Waals surface area contributed by atoms with E-state index in [-0.39, 0.29) is 18.6 Å². The van der Waals surface area contributed by atoms with E-state index in [1.807, 2.05) is 5.32 Å². The van der Waals surface area contributed by atoms with Crippen molar-refractivity contribution in [2.75, 3.05) is 0 Å². The largest absolute Gasteiger partial charge is 0.471 e. The number of halogens is 3. The fraction of sp³-hybridized carbons (Fsp3) is 0.385. The zero-order chi connectivity index (χ0) is 14.2. The van der Waals surface area contributed by atoms with Crippen molar-refractivity contribution in [1.29, 1.82) is 0 Å². The number of benzene rings is 1. The predicted molar refractivity (Wildman–Crippen MR) is 61.7 cm³/mol. The first-order valence-electron chi connectivity index (χ1n) is 5.80. The molecule has 1 N–H and O–H groups in total. The smallest absolute Gasteiger partial charge is 0.341 e. The highest BCUT2D eigenvalue weighted by Crippen LogP contribution is 2.31. The Kier molecular flexibility index (Phi) is 3.34. The third-order valence-electron chi connectivity index (χ3n) is 3.11. The van der Waals surface area contributed by atoms with Crippen LogP contribution in [-0.4, -0.2) is 17.9 Å². The van der Waals surface area contributed by atoms with Gasteiger partial charge in [-0.25, -0.2) is 0 Å². The number of carbonyl (C=O) groups excluding carboxylic acids is 2. The van der Waals surface area contributed by atoms with Crippen molar-refractivity contribution < 1.29 is 22.8 Å². The number of hydrogen-bond donors (Lipinski definition) is 1. The molecule has 1 unspecified atom stereocenters. The van der Waals surface area contributed by atoms with Crippen molar-refractivity contribution in [2.45, 2.75) is 32.0 Å². The topological polar surface area (TPSA) is 46.2 Å². The van der Waals surface area contributed by atoms with Gasteiger partial charge in [0.2, 0.25) is 0 Å². The number of Topliss-reactive ketones (excluding diaryl/α,β-unsaturated/α-hetero) is 1. The number of carbonyl (C=O) groups is 2. The summed E-state index contributed by atoms with van der Waals surface area (Å²) in [5, 5.41) is 1.94. The summed E-state index contributed by atoms with van der Waals surface area (Å²) in [5.41, 5.74) is 1.72. The van der Waals surface area contributed by atoms with Crippen LogP contribution in [0.25, 0.3) is 0 Å². The molecular formula is C13H12F3NO2. The lowest BCUT2D eigenvalue weighted by atomic mass is 9.86. The highest BCUT2D eigenvalue weighted by atomic mass is 19.4. The van der Waals surface area contributed by atoms with Crippen molar-refractivity contribution in [2.24, 2.45) is 0 Å². The Bertz CT molecular complexity index is 537. The lowest BCUT2D eigenvalue weighted by Gasteiger charge is -2.26. The van der Waals surface area contributed by atoms with Gasteiger partial charge in [0, 0.05) is 12.0 Å². The average molecular weight is 271 g/mol. The van der Waals surface area contributed by atoms with Crippen molar-refractivity contribution in [3.63, 3.8) is 0 Å². The van der Waals surface area contributed by atoms with E-state index in [0.717, 1.165) is 5.56 Å². The molecule has 0 fully saturated rings. The van der Waals surface area contributed by atoms with Crippen LogP contribution in [0.5, 0.6) is 0 Å². The maximum Gasteiger partial charge on any atom is 0.471 e. The highest BCUT2D eigenvalue weighted by Gasteiger charge is 2.40. The summed E-state index contributed by atoms with van der Waals surface area (Å²) >= 11 is 0. The summed E-state index contributed by atoms with van der Waals surface area (Å²) in [6, 6.07) is 4.19. The Morgan fingerprint density at radius 1 is 1.37 bits per heavy atom. The molecule has 0 radical (unpaired) electrons. The molecule has 1 aliphatic rings. The Balaban J connectivity index is 2.29. The molecule has 0 bridgehead atoms. The maximum absolute atomic E-state index is 12.2. The van der Waals surface area contributed by atoms with Gasteiger partial charge in [-0.05, 0) is 25.0 Å². The predicted octanol–water partition coefficient (Wildman–Crippen LogP) is 2.69. The van der Waals surface area contributed by atoms with Crippen LogP contribution >= 0.6 is 0 Å². The SMILES string of the molecule is Cc1ccc2c(c1)C(=O)CCC2NC(=O)C(F)(F)F. The van der Waals surface area contributed by atoms with Gasteiger partial charge in [-0.1, -0.05) is 17.7 Å². The molecule has 1 aromatic carbocycles. The zero-order valence-corrected chi connectivity index (χ0v) is 10.2. The summed E-state index contributed by atoms with van der Waals surface area (Å²) in [6.07, 6.45) is -4.58. The van der Waals surface area contributed by atoms with Crippen molar-refractivity contribution >= 4 is 11.7 Å². The third-order valence-corrected chi connectivity index (χ3v) is 3.11. The van der Waals surface area contributed by atoms with Gasteiger partial charge in [-0.3, -0.25) is 9.59 Å². The van der Waals surface area contributed by atoms with Crippen LogP contribution in [0.3, 0.4) is 0 Å². The number of ketones is 1. The van der Waals surface area contributed by atoms with E-state index in [2.05, 4.69) is 0 Å². The molecule has 0 spiro atoms. The number of alkyl halides is 3. The number of aryl methyl sites for hydroxylation is 1. The van der Waals surface area contributed by atoms with E-state index in [4.69, 9.17) is 0 Å². The van der Waals surface area contributed by atoms with Gasteiger partial charge in [0.1, 0.15) is 0 Å². The molecule has 1 atom stereocenters. The molecule has 0 aromatic heterocycles. The van der Waals surface area contributed by atoms with Crippen LogP contribution in [0, 0.1) is 6.92 Å². The van der Waals surface area contributed by atoms with Crippen LogP contribution < -0.4 is 5.32 Å². The standard InChI is InChI=1S/C13H12F3NO2/c1-7-2-3-8-9(6-7)11(18)5-4-10(8)17-12(19)13(14,15)16/h2-3,6,10H,4-5H2,1H3,(H,17,19). The molecule has 3 nitrogen and oxygen atoms in total. The summed E-state index contributed by atoms with van der Waals surface area (Å²) in [4.78, 5) is 22.7. The first-order valence-corrected chi connectivity index (χ1v) is 5.80. The number of rotatable bonds is 1. The van der Waals surface area contributed by atoms with Crippen LogP contribution in [0.1, 0.15) is 40.4 Å². The van der Waals surface area contributed by atoms with Gasteiger partial charge in [-0.15, -0.1) is 0 Å². The van der Waals surface area contributed by atoms with E-state index < -0.39 is 18.1 Å². The maximum atomic E-state index is 12.2. The average Bonchev–Trinajstić information content (AvgIpc) is 2.31. The first kappa shape index (κ1) is 13.6. The third kappa shape index (κ3) is 2.77. The Hall–Kier alpha value is -1.85. The van der Waals surface area contributed by atoms with Gasteiger partial charge in [-0.2, -0.15) is 13.2 Å². The van der Waals surface area contributed by atoms with E-state index in [1.54, 1.807) is 25.1 Å². The van der Waals surface area contributed by atoms with E-state index >= 15 is 0 Å². The van der Waals surface area contributed by atoms with Gasteiger partial charge in [0.25, 0.3) is 0 Å². The molecule has 0 saturated heterocycles. The van der Waals surface area contributed by atoms with Gasteiger partial charge in [0.05, 0.1) is 6.04 Å². The molecule has 1 aromatic rings. The summed E-state index contributed by atoms with van der Waals surface area (Å²) in [6.45, 7) is 1.80. The second kappa shape index (κ2) is 4.68. The molecule has 0 saturated carbocycles. The quantitative estimate of drug-likeness (QED) is 0.853. The number of hydrogen-bond acceptors (Lipinski definition) is 2. The van der Waals surface area contributed by atoms with E-state index in [9.17, 15) is 22.8 Å². The minimum atomic E-state index is -4.91. The Morgan fingerprint density at radius 2 is 2.05 bits per heavy atom. The Morgan fingerprint density at radius 3 is 2.68 bits per heavy atom. The van der Waals surface area contributed by atoms with Crippen molar-refractivity contribution in [1.82, 2.24) is 5.32 Å². The van der Waals surface area contributed by atoms with Crippen molar-refractivity contribution in [3.8, 4) is 0 Å². The molecule has 1 aliphatic carbocycles. The lowest BCUT2D eigenvalue weighted by molar-refractivity contribution is -0.174. The van der Waals surface area contributed by atoms with Gasteiger partial charge >= 0.3 is 12.1 Å². The summed E-state index contributed by atoms with van der Waals surface area (Å²) in [5.74, 6) is -2.07. The van der Waals surface area contributed by atoms with Gasteiger partial charge < -0.3 is 5.32 Å². The number of fused-ring (bicyclic) bond motifs is 1. The molecule has 19 heavy (non-hydrogen) atoms. The van der Waals surface area contributed by atoms with Crippen molar-refractivity contribution in [3.05, 3.63) is 34.9 Å². The van der Waals surface area contributed by atoms with Crippen LogP contribution in [0.2, 0.25) is 0 Å². The number of amides is 1. The van der Waals surface area contributed by atoms with Gasteiger partial charge in [0.15, 0.2) is 5.78 Å². The molecular weight excluding hydrogens is 259 g/mol. The summed E-state index contributed by atoms with van der Waals surface area (Å²) < 4.78 is 36.7. The van der Waals surface area contributed by atoms with E-state index in [1.165, 1.54) is 0 Å². The van der Waals surface area contributed by atoms with Crippen LogP contribution in [-0.2, 0) is 4.79 Å². The van der Waals surface area contributed by atoms with Crippen LogP contribution in [0.4, 0.5) is 13.2 Å². The monoisotopic (exact) mass is 271 g/mol. The molecule has 2 rings (SSSR count). The minimum absolute atomic E-state index is 0.101. The van der Waals surface area contributed by atoms with E-state index in [0.29, 0.717) is 11.1 Å². The normalized spacial score (nSPS) is 18.9.